The van der Waals surface area contributed by atoms with Crippen molar-refractivity contribution >= 4 is 40.4 Å². The summed E-state index contributed by atoms with van der Waals surface area (Å²) in [6, 6.07) is 0. The zero-order valence-corrected chi connectivity index (χ0v) is 10.5. The third-order valence-corrected chi connectivity index (χ3v) is 3.10. The Balaban J connectivity index is 2.98. The summed E-state index contributed by atoms with van der Waals surface area (Å²) in [6.45, 7) is 2.07. The third-order valence-electron chi connectivity index (χ3n) is 1.80. The smallest absolute Gasteiger partial charge is 0.356 e. The van der Waals surface area contributed by atoms with Crippen LogP contribution in [0.1, 0.15) is 36.1 Å². The molecule has 0 amide bonds. The molecule has 0 aliphatic heterocycles. The lowest BCUT2D eigenvalue weighted by Crippen LogP contribution is -2.03. The van der Waals surface area contributed by atoms with E-state index >= 15 is 0 Å². The lowest BCUT2D eigenvalue weighted by molar-refractivity contribution is 0.0690. The molecule has 4 nitrogen and oxygen atoms in total. The molecule has 0 bridgehead atoms. The summed E-state index contributed by atoms with van der Waals surface area (Å²) >= 11 is 7.61. The lowest BCUT2D eigenvalue weighted by Gasteiger charge is -1.99. The van der Waals surface area contributed by atoms with Crippen LogP contribution in [0.3, 0.4) is 0 Å². The van der Waals surface area contributed by atoms with Crippen LogP contribution in [0.5, 0.6) is 0 Å². The molecule has 1 aromatic heterocycles. The molecule has 1 N–H and O–H groups in total. The zero-order chi connectivity index (χ0) is 10.7. The van der Waals surface area contributed by atoms with Crippen LogP contribution in [-0.2, 0) is 6.42 Å². The number of carboxylic acid groups (broad SMARTS) is 1. The number of aromatic carboxylic acids is 1. The quantitative estimate of drug-likeness (QED) is 0.865. The molecule has 6 heteroatoms. The second-order valence-corrected chi connectivity index (χ2v) is 4.18. The molecule has 78 valence electrons. The minimum absolute atomic E-state index is 0.0540. The topological polar surface area (TPSA) is 55.1 Å². The van der Waals surface area contributed by atoms with Crippen LogP contribution in [0.15, 0.2) is 0 Å². The highest BCUT2D eigenvalue weighted by atomic mass is 127. The maximum absolute atomic E-state index is 10.8. The second kappa shape index (κ2) is 4.97. The molecular weight excluding hydrogens is 318 g/mol. The standard InChI is InChI=1S/C8H10ClIN2O2/c1-2-3-4-5-11-7(9)6(8(13)14)12(5)10/h2-4H2,1H3,(H,13,14). The predicted octanol–water partition coefficient (Wildman–Crippen LogP) is 2.78. The number of aromatic nitrogens is 2. The number of hydrogen-bond acceptors (Lipinski definition) is 2. The van der Waals surface area contributed by atoms with E-state index in [4.69, 9.17) is 16.7 Å². The predicted molar refractivity (Wildman–Crippen MR) is 62.2 cm³/mol. The van der Waals surface area contributed by atoms with Crippen LogP contribution in [0.25, 0.3) is 0 Å². The van der Waals surface area contributed by atoms with Crippen molar-refractivity contribution in [2.24, 2.45) is 0 Å². The number of carboxylic acids is 1. The van der Waals surface area contributed by atoms with Gasteiger partial charge in [0.15, 0.2) is 10.8 Å². The number of carbonyl (C=O) groups is 1. The van der Waals surface area contributed by atoms with E-state index in [-0.39, 0.29) is 10.8 Å². The van der Waals surface area contributed by atoms with Gasteiger partial charge in [-0.3, -0.25) is 2.78 Å². The van der Waals surface area contributed by atoms with Crippen LogP contribution in [-0.4, -0.2) is 18.8 Å². The molecule has 1 rings (SSSR count). The maximum Gasteiger partial charge on any atom is 0.356 e. The van der Waals surface area contributed by atoms with Crippen molar-refractivity contribution < 1.29 is 9.90 Å². The van der Waals surface area contributed by atoms with Crippen LogP contribution in [0, 0.1) is 0 Å². The first-order chi connectivity index (χ1) is 6.57. The summed E-state index contributed by atoms with van der Waals surface area (Å²) in [5, 5.41) is 8.90. The Morgan fingerprint density at radius 2 is 2.36 bits per heavy atom. The van der Waals surface area contributed by atoms with E-state index in [2.05, 4.69) is 11.9 Å². The van der Waals surface area contributed by atoms with E-state index < -0.39 is 5.97 Å². The first-order valence-electron chi connectivity index (χ1n) is 4.24. The number of aryl methyl sites for hydroxylation is 1. The zero-order valence-electron chi connectivity index (χ0n) is 7.63. The Labute approximate surface area is 101 Å². The van der Waals surface area contributed by atoms with Crippen LogP contribution in [0.2, 0.25) is 5.15 Å². The minimum atomic E-state index is -1.04. The molecule has 0 unspecified atom stereocenters. The average molecular weight is 329 g/mol. The van der Waals surface area contributed by atoms with E-state index in [9.17, 15) is 4.79 Å². The van der Waals surface area contributed by atoms with Crippen LogP contribution in [0.4, 0.5) is 0 Å². The Bertz CT molecular complexity index is 351. The summed E-state index contributed by atoms with van der Waals surface area (Å²) in [6.07, 6.45) is 2.78. The largest absolute Gasteiger partial charge is 0.476 e. The van der Waals surface area contributed by atoms with Gasteiger partial charge in [0.2, 0.25) is 0 Å². The molecule has 0 aromatic carbocycles. The fourth-order valence-electron chi connectivity index (χ4n) is 1.08. The first kappa shape index (κ1) is 11.8. The van der Waals surface area contributed by atoms with Crippen LogP contribution < -0.4 is 0 Å². The molecule has 0 radical (unpaired) electrons. The van der Waals surface area contributed by atoms with Crippen molar-refractivity contribution in [1.82, 2.24) is 7.76 Å². The summed E-state index contributed by atoms with van der Waals surface area (Å²) in [4.78, 5) is 14.8. The summed E-state index contributed by atoms with van der Waals surface area (Å²) in [5.41, 5.74) is 0.0540. The average Bonchev–Trinajstić information content (AvgIpc) is 2.38. The van der Waals surface area contributed by atoms with E-state index in [0.29, 0.717) is 0 Å². The number of unbranched alkanes of at least 4 members (excludes halogenated alkanes) is 1. The van der Waals surface area contributed by atoms with E-state index in [1.54, 1.807) is 0 Å². The molecule has 14 heavy (non-hydrogen) atoms. The second-order valence-electron chi connectivity index (χ2n) is 2.86. The van der Waals surface area contributed by atoms with Gasteiger partial charge in [-0.25, -0.2) is 9.78 Å². The number of rotatable bonds is 4. The summed E-state index contributed by atoms with van der Waals surface area (Å²) < 4.78 is 1.51. The first-order valence-corrected chi connectivity index (χ1v) is 5.58. The Morgan fingerprint density at radius 3 is 2.79 bits per heavy atom. The Kier molecular flexibility index (Phi) is 4.18. The van der Waals surface area contributed by atoms with Gasteiger partial charge in [0.25, 0.3) is 0 Å². The SMILES string of the molecule is CCCCc1nc(Cl)c(C(=O)O)n1I. The maximum atomic E-state index is 10.8. The van der Waals surface area contributed by atoms with Crippen molar-refractivity contribution in [3.8, 4) is 0 Å². The summed E-state index contributed by atoms with van der Waals surface area (Å²) in [7, 11) is 0. The number of nitrogens with zero attached hydrogens (tertiary/aromatic N) is 2. The summed E-state index contributed by atoms with van der Waals surface area (Å²) in [5.74, 6) is -0.325. The minimum Gasteiger partial charge on any atom is -0.476 e. The van der Waals surface area contributed by atoms with Gasteiger partial charge in [-0.1, -0.05) is 24.9 Å². The van der Waals surface area contributed by atoms with Gasteiger partial charge < -0.3 is 5.11 Å². The van der Waals surface area contributed by atoms with Crippen molar-refractivity contribution in [2.45, 2.75) is 26.2 Å². The molecule has 0 aliphatic carbocycles. The van der Waals surface area contributed by atoms with Crippen LogP contribution >= 0.6 is 34.5 Å². The van der Waals surface area contributed by atoms with Gasteiger partial charge in [-0.05, 0) is 6.42 Å². The number of imidazole rings is 1. The molecule has 0 saturated heterocycles. The van der Waals surface area contributed by atoms with Crippen molar-refractivity contribution in [3.63, 3.8) is 0 Å². The highest BCUT2D eigenvalue weighted by Crippen LogP contribution is 2.21. The fraction of sp³-hybridized carbons (Fsp3) is 0.500. The van der Waals surface area contributed by atoms with Crippen molar-refractivity contribution in [2.75, 3.05) is 0 Å². The molecule has 0 aliphatic rings. The highest BCUT2D eigenvalue weighted by Gasteiger charge is 2.19. The molecule has 0 spiro atoms. The monoisotopic (exact) mass is 328 g/mol. The Hall–Kier alpha value is -0.300. The van der Waals surface area contributed by atoms with Gasteiger partial charge in [0.05, 0.1) is 22.9 Å². The number of halogens is 2. The molecule has 1 aromatic rings. The normalized spacial score (nSPS) is 10.5. The number of hydrogen-bond donors (Lipinski definition) is 1. The molecule has 0 saturated carbocycles. The third kappa shape index (κ3) is 2.38. The van der Waals surface area contributed by atoms with E-state index in [0.717, 1.165) is 25.1 Å². The highest BCUT2D eigenvalue weighted by molar-refractivity contribution is 14.1. The van der Waals surface area contributed by atoms with E-state index in [1.165, 1.54) is 2.78 Å². The van der Waals surface area contributed by atoms with E-state index in [1.807, 2.05) is 22.9 Å². The van der Waals surface area contributed by atoms with Gasteiger partial charge in [0.1, 0.15) is 5.82 Å². The van der Waals surface area contributed by atoms with Gasteiger partial charge in [0, 0.05) is 6.42 Å². The fourth-order valence-corrected chi connectivity index (χ4v) is 2.27. The van der Waals surface area contributed by atoms with Gasteiger partial charge in [-0.2, -0.15) is 0 Å². The molecule has 0 fully saturated rings. The van der Waals surface area contributed by atoms with Gasteiger partial charge in [-0.15, -0.1) is 0 Å². The van der Waals surface area contributed by atoms with Crippen molar-refractivity contribution in [3.05, 3.63) is 16.7 Å². The van der Waals surface area contributed by atoms with Gasteiger partial charge >= 0.3 is 5.97 Å². The molecular formula is C8H10ClIN2O2. The molecule has 1 heterocycles. The lowest BCUT2D eigenvalue weighted by atomic mass is 10.2. The molecule has 0 atom stereocenters. The van der Waals surface area contributed by atoms with Crippen molar-refractivity contribution in [1.29, 1.82) is 0 Å². The Morgan fingerprint density at radius 1 is 1.71 bits per heavy atom.